The van der Waals surface area contributed by atoms with Crippen LogP contribution in [0.15, 0.2) is 26.1 Å². The number of unbranched alkanes of at least 4 members (excludes halogenated alkanes) is 1. The van der Waals surface area contributed by atoms with Gasteiger partial charge in [0.1, 0.15) is 0 Å². The highest BCUT2D eigenvalue weighted by molar-refractivity contribution is 6.38. The highest BCUT2D eigenvalue weighted by atomic mass is 35.5. The smallest absolute Gasteiger partial charge is 0.372 e. The Morgan fingerprint density at radius 3 is 2.67 bits per heavy atom. The van der Waals surface area contributed by atoms with Crippen molar-refractivity contribution in [3.63, 3.8) is 0 Å². The molecule has 0 saturated carbocycles. The van der Waals surface area contributed by atoms with Crippen LogP contribution in [-0.4, -0.2) is 4.57 Å². The molecule has 0 aliphatic heterocycles. The number of rotatable bonds is 3. The highest BCUT2D eigenvalue weighted by Gasteiger charge is 2.13. The van der Waals surface area contributed by atoms with Crippen molar-refractivity contribution in [1.29, 1.82) is 0 Å². The zero-order chi connectivity index (χ0) is 13.3. The summed E-state index contributed by atoms with van der Waals surface area (Å²) in [5, 5.41) is 0.835. The molecule has 96 valence electrons. The maximum Gasteiger partial charge on any atom is 0.422 e. The van der Waals surface area contributed by atoms with Crippen LogP contribution in [0.4, 0.5) is 0 Å². The van der Waals surface area contributed by atoms with E-state index < -0.39 is 11.4 Å². The van der Waals surface area contributed by atoms with E-state index in [1.165, 1.54) is 16.7 Å². The molecule has 0 N–H and O–H groups in total. The molecule has 18 heavy (non-hydrogen) atoms. The topological polar surface area (TPSA) is 52.2 Å². The Hall–Kier alpha value is -1.26. The number of halogens is 2. The molecule has 4 nitrogen and oxygen atoms in total. The summed E-state index contributed by atoms with van der Waals surface area (Å²) in [4.78, 5) is 23.3. The molecule has 0 bridgehead atoms. The van der Waals surface area contributed by atoms with Crippen LogP contribution in [0, 0.1) is 0 Å². The first-order valence-electron chi connectivity index (χ1n) is 5.57. The third-order valence-electron chi connectivity index (χ3n) is 2.65. The minimum Gasteiger partial charge on any atom is -0.372 e. The van der Waals surface area contributed by atoms with Gasteiger partial charge in [0.2, 0.25) is 0 Å². The quantitative estimate of drug-likeness (QED) is 0.872. The number of hydrogen-bond donors (Lipinski definition) is 0. The van der Waals surface area contributed by atoms with Gasteiger partial charge in [-0.3, -0.25) is 4.57 Å². The first-order chi connectivity index (χ1) is 8.54. The Balaban J connectivity index is 2.85. The zero-order valence-corrected chi connectivity index (χ0v) is 11.2. The average molecular weight is 288 g/mol. The second kappa shape index (κ2) is 5.16. The van der Waals surface area contributed by atoms with Gasteiger partial charge in [-0.25, -0.2) is 9.59 Å². The molecule has 0 amide bonds. The number of fused-ring (bicyclic) bond motifs is 1. The van der Waals surface area contributed by atoms with E-state index in [0.29, 0.717) is 17.1 Å². The molecule has 1 heterocycles. The molecule has 2 aromatic rings. The van der Waals surface area contributed by atoms with Crippen LogP contribution in [0.2, 0.25) is 10.0 Å². The molecule has 0 aliphatic carbocycles. The molecule has 0 radical (unpaired) electrons. The summed E-state index contributed by atoms with van der Waals surface area (Å²) < 4.78 is 6.04. The fourth-order valence-electron chi connectivity index (χ4n) is 1.80. The van der Waals surface area contributed by atoms with Gasteiger partial charge in [-0.2, -0.15) is 0 Å². The number of nitrogens with zero attached hydrogens (tertiary/aromatic N) is 1. The predicted octanol–water partition coefficient (Wildman–Crippen LogP) is 3.06. The van der Waals surface area contributed by atoms with Crippen LogP contribution in [0.5, 0.6) is 0 Å². The molecular formula is C12H11Cl2NO3. The van der Waals surface area contributed by atoms with Gasteiger partial charge in [0.25, 0.3) is 0 Å². The minimum absolute atomic E-state index is 0.225. The Kier molecular flexibility index (Phi) is 3.78. The molecule has 2 rings (SSSR count). The number of aryl methyl sites for hydroxylation is 1. The number of hydrogen-bond acceptors (Lipinski definition) is 3. The minimum atomic E-state index is -0.716. The predicted molar refractivity (Wildman–Crippen MR) is 71.7 cm³/mol. The fourth-order valence-corrected chi connectivity index (χ4v) is 2.39. The van der Waals surface area contributed by atoms with Crippen LogP contribution in [0.3, 0.4) is 0 Å². The lowest BCUT2D eigenvalue weighted by atomic mass is 10.2. The third kappa shape index (κ3) is 2.31. The van der Waals surface area contributed by atoms with Crippen LogP contribution in [0.25, 0.3) is 10.9 Å². The standard InChI is InChI=1S/C12H11Cl2NO3/c1-2-3-4-15-10-8(11(16)18-12(15)17)5-7(13)6-9(10)14/h5-6H,2-4H2,1H3. The average Bonchev–Trinajstić information content (AvgIpc) is 2.29. The Labute approximate surface area is 113 Å². The summed E-state index contributed by atoms with van der Waals surface area (Å²) in [6.07, 6.45) is 1.71. The fraction of sp³-hybridized carbons (Fsp3) is 0.333. The van der Waals surface area contributed by atoms with E-state index in [1.54, 1.807) is 0 Å². The van der Waals surface area contributed by atoms with Gasteiger partial charge in [0.15, 0.2) is 0 Å². The van der Waals surface area contributed by atoms with E-state index >= 15 is 0 Å². The Morgan fingerprint density at radius 2 is 2.00 bits per heavy atom. The molecule has 0 saturated heterocycles. The molecule has 1 aromatic heterocycles. The van der Waals surface area contributed by atoms with Gasteiger partial charge in [0, 0.05) is 11.6 Å². The third-order valence-corrected chi connectivity index (χ3v) is 3.16. The van der Waals surface area contributed by atoms with E-state index in [0.717, 1.165) is 12.8 Å². The molecule has 0 unspecified atom stereocenters. The lowest BCUT2D eigenvalue weighted by Crippen LogP contribution is -2.25. The summed E-state index contributed by atoms with van der Waals surface area (Å²) in [6.45, 7) is 2.46. The lowest BCUT2D eigenvalue weighted by Gasteiger charge is -2.09. The van der Waals surface area contributed by atoms with Crippen molar-refractivity contribution in [2.75, 3.05) is 0 Å². The maximum atomic E-state index is 11.7. The van der Waals surface area contributed by atoms with E-state index in [4.69, 9.17) is 23.2 Å². The normalized spacial score (nSPS) is 11.1. The highest BCUT2D eigenvalue weighted by Crippen LogP contribution is 2.25. The van der Waals surface area contributed by atoms with E-state index in [1.807, 2.05) is 6.92 Å². The Bertz CT molecular complexity index is 703. The van der Waals surface area contributed by atoms with E-state index in [2.05, 4.69) is 4.42 Å². The van der Waals surface area contributed by atoms with Crippen molar-refractivity contribution in [1.82, 2.24) is 4.57 Å². The van der Waals surface area contributed by atoms with E-state index in [9.17, 15) is 9.59 Å². The molecule has 0 spiro atoms. The molecule has 0 fully saturated rings. The monoisotopic (exact) mass is 287 g/mol. The zero-order valence-electron chi connectivity index (χ0n) is 9.70. The Morgan fingerprint density at radius 1 is 1.28 bits per heavy atom. The first kappa shape index (κ1) is 13.2. The number of benzene rings is 1. The SMILES string of the molecule is CCCCn1c(=O)oc(=O)c2cc(Cl)cc(Cl)c21. The largest absolute Gasteiger partial charge is 0.422 e. The maximum absolute atomic E-state index is 11.7. The van der Waals surface area contributed by atoms with Gasteiger partial charge in [-0.15, -0.1) is 0 Å². The summed E-state index contributed by atoms with van der Waals surface area (Å²) in [5.74, 6) is -0.690. The van der Waals surface area contributed by atoms with Crippen LogP contribution in [-0.2, 0) is 6.54 Å². The second-order valence-corrected chi connectivity index (χ2v) is 4.79. The van der Waals surface area contributed by atoms with Crippen molar-refractivity contribution in [2.45, 2.75) is 26.3 Å². The van der Waals surface area contributed by atoms with Crippen molar-refractivity contribution in [3.8, 4) is 0 Å². The van der Waals surface area contributed by atoms with Crippen LogP contribution in [0.1, 0.15) is 19.8 Å². The van der Waals surface area contributed by atoms with Gasteiger partial charge in [-0.1, -0.05) is 36.5 Å². The summed E-state index contributed by atoms with van der Waals surface area (Å²) >= 11 is 11.9. The van der Waals surface area contributed by atoms with Crippen LogP contribution >= 0.6 is 23.2 Å². The molecule has 6 heteroatoms. The molecule has 0 aliphatic rings. The van der Waals surface area contributed by atoms with Crippen molar-refractivity contribution in [3.05, 3.63) is 43.1 Å². The summed E-state index contributed by atoms with van der Waals surface area (Å²) in [7, 11) is 0. The summed E-state index contributed by atoms with van der Waals surface area (Å²) in [6, 6.07) is 2.96. The molecule has 1 aromatic carbocycles. The summed E-state index contributed by atoms with van der Waals surface area (Å²) in [5.41, 5.74) is -0.331. The van der Waals surface area contributed by atoms with E-state index in [-0.39, 0.29) is 10.4 Å². The van der Waals surface area contributed by atoms with Crippen LogP contribution < -0.4 is 11.4 Å². The molecule has 0 atom stereocenters. The second-order valence-electron chi connectivity index (χ2n) is 3.94. The van der Waals surface area contributed by atoms with Gasteiger partial charge in [-0.05, 0) is 18.6 Å². The lowest BCUT2D eigenvalue weighted by molar-refractivity contribution is 0.412. The first-order valence-corrected chi connectivity index (χ1v) is 6.33. The number of aromatic nitrogens is 1. The van der Waals surface area contributed by atoms with Gasteiger partial charge in [0.05, 0.1) is 15.9 Å². The van der Waals surface area contributed by atoms with Gasteiger partial charge >= 0.3 is 11.4 Å². The van der Waals surface area contributed by atoms with Crippen molar-refractivity contribution < 1.29 is 4.42 Å². The van der Waals surface area contributed by atoms with Crippen molar-refractivity contribution >= 4 is 34.1 Å². The van der Waals surface area contributed by atoms with Gasteiger partial charge < -0.3 is 4.42 Å². The molecular weight excluding hydrogens is 277 g/mol. The van der Waals surface area contributed by atoms with Crippen molar-refractivity contribution in [2.24, 2.45) is 0 Å².